The molecule has 1 N–H and O–H groups in total. The van der Waals surface area contributed by atoms with Crippen LogP contribution in [0, 0.1) is 13.8 Å². The van der Waals surface area contributed by atoms with Gasteiger partial charge < -0.3 is 5.11 Å². The van der Waals surface area contributed by atoms with E-state index in [-0.39, 0.29) is 5.75 Å². The van der Waals surface area contributed by atoms with Gasteiger partial charge in [-0.25, -0.2) is 0 Å². The monoisotopic (exact) mass is 448 g/mol. The molecular formula is C9H8Br4O. The number of phenols is 1. The molecule has 1 nitrogen and oxygen atoms in total. The summed E-state index contributed by atoms with van der Waals surface area (Å²) in [5.41, 5.74) is 2.68. The van der Waals surface area contributed by atoms with E-state index in [1.165, 1.54) is 0 Å². The number of aromatic hydroxyl groups is 1. The predicted octanol–water partition coefficient (Wildman–Crippen LogP) is 5.07. The van der Waals surface area contributed by atoms with E-state index in [1.54, 1.807) is 0 Å². The number of rotatable bonds is 0. The van der Waals surface area contributed by atoms with Gasteiger partial charge in [-0.15, -0.1) is 0 Å². The zero-order chi connectivity index (χ0) is 11.1. The average Bonchev–Trinajstić information content (AvgIpc) is 1.98. The van der Waals surface area contributed by atoms with Crippen molar-refractivity contribution in [2.75, 3.05) is 0 Å². The Morgan fingerprint density at radius 3 is 2.07 bits per heavy atom. The minimum atomic E-state index is -0.604. The van der Waals surface area contributed by atoms with Crippen LogP contribution in [-0.4, -0.2) is 5.11 Å². The van der Waals surface area contributed by atoms with Crippen molar-refractivity contribution in [3.8, 4) is 5.75 Å². The first kappa shape index (κ1) is 13.0. The second kappa shape index (κ2) is 4.44. The minimum absolute atomic E-state index is 0.271. The van der Waals surface area contributed by atoms with Crippen LogP contribution in [-0.2, 0) is 2.14 Å². The maximum Gasteiger partial charge on any atom is 0.164 e. The third kappa shape index (κ3) is 2.54. The van der Waals surface area contributed by atoms with Crippen LogP contribution in [0.2, 0.25) is 0 Å². The summed E-state index contributed by atoms with van der Waals surface area (Å²) in [5, 5.41) is 9.92. The molecule has 5 heteroatoms. The highest BCUT2D eigenvalue weighted by molar-refractivity contribution is 9.38. The van der Waals surface area contributed by atoms with Crippen molar-refractivity contribution in [2.24, 2.45) is 0 Å². The quantitative estimate of drug-likeness (QED) is 0.546. The Kier molecular flexibility index (Phi) is 4.12. The summed E-state index contributed by atoms with van der Waals surface area (Å²) < 4.78 is 0.276. The molecule has 0 aromatic heterocycles. The number of benzene rings is 1. The molecule has 0 amide bonds. The fourth-order valence-corrected chi connectivity index (χ4v) is 3.77. The van der Waals surface area contributed by atoms with Crippen molar-refractivity contribution in [3.63, 3.8) is 0 Å². The van der Waals surface area contributed by atoms with Crippen LogP contribution in [0.1, 0.15) is 16.7 Å². The largest absolute Gasteiger partial charge is 0.507 e. The van der Waals surface area contributed by atoms with Crippen LogP contribution in [0.15, 0.2) is 10.5 Å². The summed E-state index contributed by atoms with van der Waals surface area (Å²) in [6.07, 6.45) is 0. The van der Waals surface area contributed by atoms with Gasteiger partial charge in [-0.1, -0.05) is 53.9 Å². The zero-order valence-corrected chi connectivity index (χ0v) is 13.9. The van der Waals surface area contributed by atoms with Crippen molar-refractivity contribution in [3.05, 3.63) is 27.2 Å². The van der Waals surface area contributed by atoms with E-state index < -0.39 is 2.14 Å². The number of aryl methyl sites for hydroxylation is 2. The van der Waals surface area contributed by atoms with Crippen molar-refractivity contribution in [1.82, 2.24) is 0 Å². The van der Waals surface area contributed by atoms with Crippen molar-refractivity contribution in [2.45, 2.75) is 16.0 Å². The summed E-state index contributed by atoms with van der Waals surface area (Å²) in [6.45, 7) is 3.86. The number of halogens is 4. The highest BCUT2D eigenvalue weighted by Crippen LogP contribution is 2.52. The third-order valence-corrected chi connectivity index (χ3v) is 4.10. The molecule has 14 heavy (non-hydrogen) atoms. The van der Waals surface area contributed by atoms with Crippen LogP contribution in [0.5, 0.6) is 5.75 Å². The predicted molar refractivity (Wildman–Crippen MR) is 73.7 cm³/mol. The van der Waals surface area contributed by atoms with Crippen LogP contribution in [0.4, 0.5) is 0 Å². The van der Waals surface area contributed by atoms with Gasteiger partial charge >= 0.3 is 0 Å². The van der Waals surface area contributed by atoms with Gasteiger partial charge in [0.2, 0.25) is 0 Å². The molecule has 1 rings (SSSR count). The lowest BCUT2D eigenvalue weighted by Gasteiger charge is -2.19. The van der Waals surface area contributed by atoms with E-state index in [9.17, 15) is 5.11 Å². The molecule has 0 spiro atoms. The van der Waals surface area contributed by atoms with Gasteiger partial charge in [0.15, 0.2) is 2.14 Å². The van der Waals surface area contributed by atoms with E-state index in [0.717, 1.165) is 21.2 Å². The molecule has 78 valence electrons. The fraction of sp³-hybridized carbons (Fsp3) is 0.333. The van der Waals surface area contributed by atoms with E-state index in [0.29, 0.717) is 0 Å². The highest BCUT2D eigenvalue weighted by atomic mass is 80.0. The first-order chi connectivity index (χ1) is 6.25. The number of hydrogen-bond acceptors (Lipinski definition) is 1. The Hall–Kier alpha value is 0.940. The Balaban J connectivity index is 3.56. The summed E-state index contributed by atoms with van der Waals surface area (Å²) in [5.74, 6) is 0.271. The molecule has 0 saturated carbocycles. The summed E-state index contributed by atoms with van der Waals surface area (Å²) >= 11 is 13.7. The summed E-state index contributed by atoms with van der Waals surface area (Å²) in [7, 11) is 0. The van der Waals surface area contributed by atoms with Crippen LogP contribution in [0.3, 0.4) is 0 Å². The Bertz CT molecular complexity index is 342. The van der Waals surface area contributed by atoms with Crippen LogP contribution in [0.25, 0.3) is 0 Å². The third-order valence-electron chi connectivity index (χ3n) is 1.89. The second-order valence-electron chi connectivity index (χ2n) is 3.05. The smallest absolute Gasteiger partial charge is 0.164 e. The molecule has 0 aliphatic heterocycles. The van der Waals surface area contributed by atoms with Gasteiger partial charge in [-0.05, 0) is 40.9 Å². The number of hydrogen-bond donors (Lipinski definition) is 1. The lowest BCUT2D eigenvalue weighted by atomic mass is 10.1. The molecule has 0 unspecified atom stereocenters. The van der Waals surface area contributed by atoms with Gasteiger partial charge in [0.1, 0.15) is 5.75 Å². The topological polar surface area (TPSA) is 20.2 Å². The van der Waals surface area contributed by atoms with Gasteiger partial charge in [0, 0.05) is 10.0 Å². The normalized spacial score (nSPS) is 11.9. The lowest BCUT2D eigenvalue weighted by molar-refractivity contribution is 0.465. The Labute approximate surface area is 117 Å². The minimum Gasteiger partial charge on any atom is -0.507 e. The van der Waals surface area contributed by atoms with Gasteiger partial charge in [-0.2, -0.15) is 0 Å². The molecule has 0 radical (unpaired) electrons. The summed E-state index contributed by atoms with van der Waals surface area (Å²) in [4.78, 5) is 0. The molecule has 0 aliphatic rings. The highest BCUT2D eigenvalue weighted by Gasteiger charge is 2.29. The van der Waals surface area contributed by atoms with E-state index >= 15 is 0 Å². The molecule has 0 fully saturated rings. The molecule has 0 saturated heterocycles. The lowest BCUT2D eigenvalue weighted by Crippen LogP contribution is -2.02. The molecule has 1 aromatic rings. The molecule has 0 atom stereocenters. The SMILES string of the molecule is Cc1cc(C)c(Br)c(C(Br)(Br)Br)c1O. The van der Waals surface area contributed by atoms with Gasteiger partial charge in [-0.3, -0.25) is 0 Å². The van der Waals surface area contributed by atoms with Crippen molar-refractivity contribution in [1.29, 1.82) is 0 Å². The van der Waals surface area contributed by atoms with Crippen molar-refractivity contribution >= 4 is 63.7 Å². The van der Waals surface area contributed by atoms with Gasteiger partial charge in [0.25, 0.3) is 0 Å². The molecule has 0 aliphatic carbocycles. The van der Waals surface area contributed by atoms with Gasteiger partial charge in [0.05, 0.1) is 0 Å². The van der Waals surface area contributed by atoms with Crippen LogP contribution < -0.4 is 0 Å². The Morgan fingerprint density at radius 1 is 1.14 bits per heavy atom. The number of alkyl halides is 3. The van der Waals surface area contributed by atoms with Crippen LogP contribution >= 0.6 is 63.7 Å². The zero-order valence-electron chi connectivity index (χ0n) is 7.54. The van der Waals surface area contributed by atoms with E-state index in [1.807, 2.05) is 19.9 Å². The molecule has 0 heterocycles. The maximum absolute atomic E-state index is 9.92. The van der Waals surface area contributed by atoms with Crippen molar-refractivity contribution < 1.29 is 5.11 Å². The first-order valence-electron chi connectivity index (χ1n) is 3.81. The maximum atomic E-state index is 9.92. The number of phenolic OH excluding ortho intramolecular Hbond substituents is 1. The Morgan fingerprint density at radius 2 is 1.64 bits per heavy atom. The second-order valence-corrected chi connectivity index (χ2v) is 10.6. The molecule has 0 bridgehead atoms. The molecular weight excluding hydrogens is 444 g/mol. The van der Waals surface area contributed by atoms with E-state index in [2.05, 4.69) is 63.7 Å². The first-order valence-corrected chi connectivity index (χ1v) is 6.98. The average molecular weight is 452 g/mol. The summed E-state index contributed by atoms with van der Waals surface area (Å²) in [6, 6.07) is 1.93. The molecule has 1 aromatic carbocycles. The fourth-order valence-electron chi connectivity index (χ4n) is 1.21. The van der Waals surface area contributed by atoms with E-state index in [4.69, 9.17) is 0 Å². The standard InChI is InChI=1S/C9H8Br4O/c1-4-3-5(2)8(14)6(7(4)10)9(11,12)13/h3,14H,1-2H3.